The number of aryl methyl sites for hydroxylation is 1. The Labute approximate surface area is 152 Å². The van der Waals surface area contributed by atoms with E-state index in [9.17, 15) is 9.36 Å². The lowest BCUT2D eigenvalue weighted by Crippen LogP contribution is -2.30. The van der Waals surface area contributed by atoms with Crippen molar-refractivity contribution in [2.75, 3.05) is 14.2 Å². The zero-order chi connectivity index (χ0) is 18.7. The number of hydrogen-bond donors (Lipinski definition) is 1. The molecule has 0 saturated carbocycles. The summed E-state index contributed by atoms with van der Waals surface area (Å²) >= 11 is 0. The normalized spacial score (nSPS) is 11.5. The van der Waals surface area contributed by atoms with Crippen LogP contribution in [0.1, 0.15) is 5.56 Å². The van der Waals surface area contributed by atoms with Gasteiger partial charge in [0, 0.05) is 25.5 Å². The summed E-state index contributed by atoms with van der Waals surface area (Å²) in [5.74, 6) is 0. The highest BCUT2D eigenvalue weighted by Gasteiger charge is 2.32. The van der Waals surface area contributed by atoms with Crippen LogP contribution in [0.3, 0.4) is 0 Å². The first-order chi connectivity index (χ1) is 12.5. The Kier molecular flexibility index (Phi) is 5.23. The first-order valence-electron chi connectivity index (χ1n) is 8.10. The van der Waals surface area contributed by atoms with Crippen LogP contribution in [0.5, 0.6) is 0 Å². The molecule has 3 rings (SSSR count). The van der Waals surface area contributed by atoms with Crippen molar-refractivity contribution in [2.45, 2.75) is 6.92 Å². The van der Waals surface area contributed by atoms with Gasteiger partial charge in [-0.1, -0.05) is 60.2 Å². The van der Waals surface area contributed by atoms with Crippen molar-refractivity contribution >= 4 is 12.9 Å². The van der Waals surface area contributed by atoms with E-state index >= 15 is 0 Å². The Hall–Kier alpha value is -2.46. The summed E-state index contributed by atoms with van der Waals surface area (Å²) in [6.45, 7) is 1.98. The van der Waals surface area contributed by atoms with Gasteiger partial charge >= 0.3 is 7.60 Å². The fourth-order valence-electron chi connectivity index (χ4n) is 2.81. The Bertz CT molecular complexity index is 1000. The topological polar surface area (TPSA) is 68.4 Å². The molecule has 2 aromatic carbocycles. The van der Waals surface area contributed by atoms with Crippen molar-refractivity contribution in [1.29, 1.82) is 0 Å². The van der Waals surface area contributed by atoms with Crippen LogP contribution >= 0.6 is 7.60 Å². The van der Waals surface area contributed by atoms with Crippen LogP contribution in [0.2, 0.25) is 0 Å². The van der Waals surface area contributed by atoms with Gasteiger partial charge in [-0.05, 0) is 24.1 Å². The minimum atomic E-state index is -3.74. The zero-order valence-corrected chi connectivity index (χ0v) is 15.7. The molecule has 26 heavy (non-hydrogen) atoms. The molecule has 0 amide bonds. The molecule has 0 aliphatic rings. The summed E-state index contributed by atoms with van der Waals surface area (Å²) < 4.78 is 23.2. The molecule has 0 atom stereocenters. The molecule has 6 heteroatoms. The first kappa shape index (κ1) is 18.3. The fourth-order valence-corrected chi connectivity index (χ4v) is 4.12. The van der Waals surface area contributed by atoms with Gasteiger partial charge in [0.2, 0.25) is 0 Å². The van der Waals surface area contributed by atoms with Crippen LogP contribution in [-0.4, -0.2) is 19.2 Å². The molecular weight excluding hydrogens is 349 g/mol. The van der Waals surface area contributed by atoms with Gasteiger partial charge in [-0.2, -0.15) is 0 Å². The monoisotopic (exact) mass is 369 g/mol. The van der Waals surface area contributed by atoms with Gasteiger partial charge in [0.05, 0.1) is 0 Å². The lowest BCUT2D eigenvalue weighted by molar-refractivity contribution is 0.287. The molecule has 0 spiro atoms. The number of hydrogen-bond acceptors (Lipinski definition) is 4. The zero-order valence-electron chi connectivity index (χ0n) is 14.9. The van der Waals surface area contributed by atoms with Crippen molar-refractivity contribution in [3.8, 4) is 22.4 Å². The Morgan fingerprint density at radius 1 is 0.885 bits per heavy atom. The highest BCUT2D eigenvalue weighted by Crippen LogP contribution is 2.46. The minimum Gasteiger partial charge on any atom is -0.321 e. The highest BCUT2D eigenvalue weighted by atomic mass is 31.2. The third-order valence-electron chi connectivity index (χ3n) is 4.21. The molecule has 0 saturated heterocycles. The van der Waals surface area contributed by atoms with Gasteiger partial charge in [0.25, 0.3) is 5.56 Å². The van der Waals surface area contributed by atoms with Gasteiger partial charge in [-0.15, -0.1) is 0 Å². The van der Waals surface area contributed by atoms with Crippen LogP contribution in [0.4, 0.5) is 0 Å². The van der Waals surface area contributed by atoms with Crippen LogP contribution in [-0.2, 0) is 13.6 Å². The smallest absolute Gasteiger partial charge is 0.321 e. The summed E-state index contributed by atoms with van der Waals surface area (Å²) in [5.41, 5.74) is 3.38. The van der Waals surface area contributed by atoms with Crippen LogP contribution < -0.4 is 10.9 Å². The lowest BCUT2D eigenvalue weighted by atomic mass is 10.0. The molecular formula is C20H20NO4P. The second-order valence-electron chi connectivity index (χ2n) is 5.87. The Balaban J connectivity index is 2.33. The molecule has 0 aliphatic heterocycles. The maximum atomic E-state index is 13.0. The highest BCUT2D eigenvalue weighted by molar-refractivity contribution is 7.62. The number of H-pyrrole nitrogens is 1. The van der Waals surface area contributed by atoms with E-state index in [-0.39, 0.29) is 5.30 Å². The molecule has 1 heterocycles. The molecule has 0 radical (unpaired) electrons. The fraction of sp³-hybridized carbons (Fsp3) is 0.150. The number of benzene rings is 2. The molecule has 0 bridgehead atoms. The SMILES string of the molecule is COP(=O)(OC)c1c(-c2ccc(C)cc2)cc(-c2ccccc2)[nH]c1=O. The van der Waals surface area contributed by atoms with E-state index in [1.807, 2.05) is 61.5 Å². The largest absolute Gasteiger partial charge is 0.367 e. The Morgan fingerprint density at radius 3 is 2.08 bits per heavy atom. The van der Waals surface area contributed by atoms with Crippen molar-refractivity contribution in [1.82, 2.24) is 4.98 Å². The number of aromatic nitrogens is 1. The second kappa shape index (κ2) is 7.42. The minimum absolute atomic E-state index is 0.00559. The van der Waals surface area contributed by atoms with Gasteiger partial charge < -0.3 is 14.0 Å². The van der Waals surface area contributed by atoms with Gasteiger partial charge in [-0.25, -0.2) is 0 Å². The third-order valence-corrected chi connectivity index (χ3v) is 6.16. The molecule has 0 aliphatic carbocycles. The van der Waals surface area contributed by atoms with E-state index in [1.165, 1.54) is 14.2 Å². The average Bonchev–Trinajstić information content (AvgIpc) is 2.68. The van der Waals surface area contributed by atoms with E-state index in [1.54, 1.807) is 6.07 Å². The summed E-state index contributed by atoms with van der Waals surface area (Å²) in [6, 6.07) is 18.9. The number of nitrogens with one attached hydrogen (secondary N) is 1. The standard InChI is InChI=1S/C20H20NO4P/c1-14-9-11-15(12-10-14)17-13-18(16-7-5-4-6-8-16)21-20(22)19(17)26(23,24-2)25-3/h4-13H,1-3H3,(H,21,22). The number of rotatable bonds is 5. The second-order valence-corrected chi connectivity index (χ2v) is 8.04. The molecule has 0 fully saturated rings. The number of pyridine rings is 1. The summed E-state index contributed by atoms with van der Waals surface area (Å²) in [5, 5.41) is 0.00559. The maximum absolute atomic E-state index is 13.0. The van der Waals surface area contributed by atoms with E-state index in [4.69, 9.17) is 9.05 Å². The van der Waals surface area contributed by atoms with Crippen molar-refractivity contribution < 1.29 is 13.6 Å². The van der Waals surface area contributed by atoms with E-state index < -0.39 is 13.2 Å². The first-order valence-corrected chi connectivity index (χ1v) is 9.64. The van der Waals surface area contributed by atoms with Crippen LogP contribution in [0, 0.1) is 6.92 Å². The Morgan fingerprint density at radius 2 is 1.50 bits per heavy atom. The van der Waals surface area contributed by atoms with E-state index in [2.05, 4.69) is 4.98 Å². The van der Waals surface area contributed by atoms with Crippen molar-refractivity contribution in [3.63, 3.8) is 0 Å². The van der Waals surface area contributed by atoms with Crippen molar-refractivity contribution in [3.05, 3.63) is 76.6 Å². The summed E-state index contributed by atoms with van der Waals surface area (Å²) in [4.78, 5) is 15.7. The van der Waals surface area contributed by atoms with E-state index in [0.717, 1.165) is 16.7 Å². The van der Waals surface area contributed by atoms with Gasteiger partial charge in [0.1, 0.15) is 5.30 Å². The average molecular weight is 369 g/mol. The number of aromatic amines is 1. The third kappa shape index (κ3) is 3.42. The molecule has 3 aromatic rings. The molecule has 1 aromatic heterocycles. The van der Waals surface area contributed by atoms with Crippen LogP contribution in [0.15, 0.2) is 65.5 Å². The summed E-state index contributed by atoms with van der Waals surface area (Å²) in [6.07, 6.45) is 0. The predicted molar refractivity (Wildman–Crippen MR) is 104 cm³/mol. The van der Waals surface area contributed by atoms with Crippen LogP contribution in [0.25, 0.3) is 22.4 Å². The van der Waals surface area contributed by atoms with Gasteiger partial charge in [-0.3, -0.25) is 9.36 Å². The van der Waals surface area contributed by atoms with E-state index in [0.29, 0.717) is 11.3 Å². The van der Waals surface area contributed by atoms with Gasteiger partial charge in [0.15, 0.2) is 0 Å². The van der Waals surface area contributed by atoms with Crippen molar-refractivity contribution in [2.24, 2.45) is 0 Å². The molecule has 1 N–H and O–H groups in total. The summed E-state index contributed by atoms with van der Waals surface area (Å²) in [7, 11) is -1.20. The lowest BCUT2D eigenvalue weighted by Gasteiger charge is -2.18. The predicted octanol–water partition coefficient (Wildman–Crippen LogP) is 4.13. The molecule has 0 unspecified atom stereocenters. The molecule has 134 valence electrons. The maximum Gasteiger partial charge on any atom is 0.367 e. The molecule has 5 nitrogen and oxygen atoms in total. The quantitative estimate of drug-likeness (QED) is 0.687.